The van der Waals surface area contributed by atoms with Gasteiger partial charge in [-0.3, -0.25) is 4.57 Å². The number of para-hydroxylation sites is 1. The van der Waals surface area contributed by atoms with Crippen LogP contribution < -0.4 is 10.6 Å². The van der Waals surface area contributed by atoms with Crippen LogP contribution in [-0.4, -0.2) is 11.2 Å². The molecule has 1 fully saturated rings. The zero-order valence-electron chi connectivity index (χ0n) is 15.8. The summed E-state index contributed by atoms with van der Waals surface area (Å²) in [6.45, 7) is 6.66. The number of hydrogen-bond acceptors (Lipinski definition) is 3. The SMILES string of the molecule is CC(C)[C@@H]1CC[C@@H](C)C[C@H]1O[P@@](=O)(c1ccccc1)c1ccccc1O. The van der Waals surface area contributed by atoms with Gasteiger partial charge in [0, 0.05) is 5.30 Å². The predicted molar refractivity (Wildman–Crippen MR) is 108 cm³/mol. The van der Waals surface area contributed by atoms with E-state index in [4.69, 9.17) is 4.52 Å². The first-order valence-electron chi connectivity index (χ1n) is 9.54. The molecular formula is C22H29O3P. The molecule has 0 heterocycles. The molecule has 0 unspecified atom stereocenters. The largest absolute Gasteiger partial charge is 0.507 e. The van der Waals surface area contributed by atoms with Crippen LogP contribution in [0.2, 0.25) is 0 Å². The molecule has 4 atom stereocenters. The molecule has 3 nitrogen and oxygen atoms in total. The van der Waals surface area contributed by atoms with Crippen LogP contribution in [0.25, 0.3) is 0 Å². The maximum absolute atomic E-state index is 14.2. The van der Waals surface area contributed by atoms with Crippen LogP contribution >= 0.6 is 7.37 Å². The van der Waals surface area contributed by atoms with E-state index in [0.717, 1.165) is 12.8 Å². The highest BCUT2D eigenvalue weighted by Crippen LogP contribution is 2.51. The van der Waals surface area contributed by atoms with Crippen molar-refractivity contribution in [1.82, 2.24) is 0 Å². The lowest BCUT2D eigenvalue weighted by Gasteiger charge is -2.39. The summed E-state index contributed by atoms with van der Waals surface area (Å²) in [5.41, 5.74) is 0. The minimum atomic E-state index is -3.38. The minimum absolute atomic E-state index is 0.0321. The van der Waals surface area contributed by atoms with Gasteiger partial charge in [-0.2, -0.15) is 0 Å². The molecule has 1 saturated carbocycles. The highest BCUT2D eigenvalue weighted by molar-refractivity contribution is 7.74. The molecule has 0 radical (unpaired) electrons. The van der Waals surface area contributed by atoms with E-state index in [1.807, 2.05) is 30.3 Å². The fraction of sp³-hybridized carbons (Fsp3) is 0.455. The van der Waals surface area contributed by atoms with Gasteiger partial charge in [0.25, 0.3) is 7.37 Å². The summed E-state index contributed by atoms with van der Waals surface area (Å²) in [6, 6.07) is 16.2. The third kappa shape index (κ3) is 3.89. The van der Waals surface area contributed by atoms with Gasteiger partial charge in [-0.15, -0.1) is 0 Å². The molecule has 2 aromatic rings. The van der Waals surface area contributed by atoms with Gasteiger partial charge in [-0.05, 0) is 54.9 Å². The number of aromatic hydroxyl groups is 1. The Kier molecular flexibility index (Phi) is 5.89. The summed E-state index contributed by atoms with van der Waals surface area (Å²) >= 11 is 0. The number of rotatable bonds is 5. The summed E-state index contributed by atoms with van der Waals surface area (Å²) in [6.07, 6.45) is 3.13. The van der Waals surface area contributed by atoms with E-state index in [-0.39, 0.29) is 11.9 Å². The molecule has 0 bridgehead atoms. The van der Waals surface area contributed by atoms with E-state index in [1.165, 1.54) is 6.42 Å². The smallest absolute Gasteiger partial charge is 0.265 e. The van der Waals surface area contributed by atoms with Crippen molar-refractivity contribution in [2.75, 3.05) is 0 Å². The molecule has 140 valence electrons. The first kappa shape index (κ1) is 19.2. The first-order valence-corrected chi connectivity index (χ1v) is 11.2. The second kappa shape index (κ2) is 7.98. The number of benzene rings is 2. The van der Waals surface area contributed by atoms with Crippen molar-refractivity contribution in [2.24, 2.45) is 17.8 Å². The van der Waals surface area contributed by atoms with Gasteiger partial charge >= 0.3 is 0 Å². The molecule has 0 aromatic heterocycles. The Hall–Kier alpha value is -1.57. The molecule has 4 heteroatoms. The Balaban J connectivity index is 2.04. The van der Waals surface area contributed by atoms with Gasteiger partial charge in [0.1, 0.15) is 5.75 Å². The second-order valence-electron chi connectivity index (χ2n) is 7.85. The van der Waals surface area contributed by atoms with Crippen molar-refractivity contribution in [1.29, 1.82) is 0 Å². The molecule has 1 aliphatic carbocycles. The van der Waals surface area contributed by atoms with Crippen LogP contribution in [0.3, 0.4) is 0 Å². The van der Waals surface area contributed by atoms with E-state index in [9.17, 15) is 9.67 Å². The summed E-state index contributed by atoms with van der Waals surface area (Å²) in [5, 5.41) is 11.4. The van der Waals surface area contributed by atoms with Crippen LogP contribution in [0, 0.1) is 17.8 Å². The fourth-order valence-corrected chi connectivity index (χ4v) is 6.38. The van der Waals surface area contributed by atoms with Crippen molar-refractivity contribution in [3.63, 3.8) is 0 Å². The van der Waals surface area contributed by atoms with Crippen LogP contribution in [0.4, 0.5) is 0 Å². The zero-order chi connectivity index (χ0) is 18.7. The molecule has 0 saturated heterocycles. The lowest BCUT2D eigenvalue weighted by atomic mass is 9.75. The lowest BCUT2D eigenvalue weighted by molar-refractivity contribution is 0.0514. The van der Waals surface area contributed by atoms with Crippen molar-refractivity contribution in [3.8, 4) is 5.75 Å². The first-order chi connectivity index (χ1) is 12.4. The van der Waals surface area contributed by atoms with E-state index < -0.39 is 7.37 Å². The molecule has 0 aliphatic heterocycles. The third-order valence-electron chi connectivity index (χ3n) is 5.54. The van der Waals surface area contributed by atoms with Crippen LogP contribution in [0.15, 0.2) is 54.6 Å². The van der Waals surface area contributed by atoms with E-state index in [2.05, 4.69) is 20.8 Å². The zero-order valence-corrected chi connectivity index (χ0v) is 16.7. The van der Waals surface area contributed by atoms with Crippen LogP contribution in [0.5, 0.6) is 5.75 Å². The van der Waals surface area contributed by atoms with Crippen molar-refractivity contribution in [2.45, 2.75) is 46.1 Å². The standard InChI is InChI=1S/C22H29O3P/c1-16(2)19-14-13-17(3)15-21(19)25-26(24,18-9-5-4-6-10-18)22-12-8-7-11-20(22)23/h4-12,16-17,19,21,23H,13-15H2,1-3H3/t17-,19+,21-,26+/m1/s1. The maximum Gasteiger partial charge on any atom is 0.265 e. The highest BCUT2D eigenvalue weighted by Gasteiger charge is 2.39. The van der Waals surface area contributed by atoms with E-state index in [1.54, 1.807) is 24.3 Å². The number of phenols is 1. The highest BCUT2D eigenvalue weighted by atomic mass is 31.2. The predicted octanol–water partition coefficient (Wildman–Crippen LogP) is 5.10. The molecule has 1 N–H and O–H groups in total. The molecule has 1 aliphatic rings. The van der Waals surface area contributed by atoms with Crippen molar-refractivity contribution < 1.29 is 14.2 Å². The summed E-state index contributed by atoms with van der Waals surface area (Å²) < 4.78 is 20.7. The molecule has 0 spiro atoms. The fourth-order valence-electron chi connectivity index (χ4n) is 4.02. The Morgan fingerprint density at radius 3 is 2.35 bits per heavy atom. The maximum atomic E-state index is 14.2. The summed E-state index contributed by atoms with van der Waals surface area (Å²) in [5.74, 6) is 1.45. The lowest BCUT2D eigenvalue weighted by Crippen LogP contribution is -2.36. The van der Waals surface area contributed by atoms with Gasteiger partial charge < -0.3 is 9.63 Å². The normalized spacial score (nSPS) is 25.8. The van der Waals surface area contributed by atoms with Crippen LogP contribution in [0.1, 0.15) is 40.0 Å². The minimum Gasteiger partial charge on any atom is -0.507 e. The molecule has 2 aromatic carbocycles. The summed E-state index contributed by atoms with van der Waals surface area (Å²) in [7, 11) is -3.38. The number of hydrogen-bond donors (Lipinski definition) is 1. The van der Waals surface area contributed by atoms with Gasteiger partial charge in [0.2, 0.25) is 0 Å². The van der Waals surface area contributed by atoms with E-state index in [0.29, 0.717) is 28.4 Å². The van der Waals surface area contributed by atoms with Crippen LogP contribution in [-0.2, 0) is 9.09 Å². The van der Waals surface area contributed by atoms with E-state index >= 15 is 0 Å². The Labute approximate surface area is 156 Å². The monoisotopic (exact) mass is 372 g/mol. The Bertz CT molecular complexity index is 772. The van der Waals surface area contributed by atoms with Crippen molar-refractivity contribution in [3.05, 3.63) is 54.6 Å². The molecule has 0 amide bonds. The quantitative estimate of drug-likeness (QED) is 0.743. The molecule has 26 heavy (non-hydrogen) atoms. The Morgan fingerprint density at radius 1 is 1.04 bits per heavy atom. The number of phenolic OH excluding ortho intramolecular Hbond substituents is 1. The van der Waals surface area contributed by atoms with Crippen molar-refractivity contribution >= 4 is 18.0 Å². The Morgan fingerprint density at radius 2 is 1.69 bits per heavy atom. The molecule has 3 rings (SSSR count). The van der Waals surface area contributed by atoms with Gasteiger partial charge in [-0.1, -0.05) is 57.5 Å². The van der Waals surface area contributed by atoms with Gasteiger partial charge in [0.05, 0.1) is 11.4 Å². The average Bonchev–Trinajstić information content (AvgIpc) is 2.62. The molecular weight excluding hydrogens is 343 g/mol. The van der Waals surface area contributed by atoms with Gasteiger partial charge in [0.15, 0.2) is 0 Å². The van der Waals surface area contributed by atoms with Gasteiger partial charge in [-0.25, -0.2) is 0 Å². The average molecular weight is 372 g/mol. The topological polar surface area (TPSA) is 46.5 Å². The second-order valence-corrected chi connectivity index (χ2v) is 10.2. The summed E-state index contributed by atoms with van der Waals surface area (Å²) in [4.78, 5) is 0. The third-order valence-corrected chi connectivity index (χ3v) is 8.10.